The maximum atomic E-state index is 10.0. The van der Waals surface area contributed by atoms with Crippen LogP contribution in [0.15, 0.2) is 34.2 Å². The van der Waals surface area contributed by atoms with Crippen LogP contribution in [0.5, 0.6) is 0 Å². The van der Waals surface area contributed by atoms with E-state index in [1.54, 1.807) is 11.8 Å². The molecule has 23 heavy (non-hydrogen) atoms. The van der Waals surface area contributed by atoms with Crippen molar-refractivity contribution in [3.05, 3.63) is 29.8 Å². The van der Waals surface area contributed by atoms with Crippen molar-refractivity contribution in [2.75, 3.05) is 18.6 Å². The summed E-state index contributed by atoms with van der Waals surface area (Å²) < 4.78 is 5.86. The fourth-order valence-corrected chi connectivity index (χ4v) is 5.75. The van der Waals surface area contributed by atoms with Gasteiger partial charge in [0.05, 0.1) is 18.7 Å². The largest absolute Gasteiger partial charge is 0.386 e. The molecule has 0 amide bonds. The number of amidine groups is 1. The van der Waals surface area contributed by atoms with Gasteiger partial charge in [-0.2, -0.15) is 10.5 Å². The smallest absolute Gasteiger partial charge is 0.230 e. The van der Waals surface area contributed by atoms with Crippen LogP contribution in [0.3, 0.4) is 0 Å². The van der Waals surface area contributed by atoms with E-state index in [1.165, 1.54) is 11.8 Å². The molecule has 1 saturated heterocycles. The number of ether oxygens (including phenoxy) is 1. The van der Waals surface area contributed by atoms with E-state index in [2.05, 4.69) is 17.1 Å². The van der Waals surface area contributed by atoms with Crippen LogP contribution in [-0.2, 0) is 4.74 Å². The lowest BCUT2D eigenvalue weighted by molar-refractivity contribution is 0.0200. The van der Waals surface area contributed by atoms with Gasteiger partial charge in [0.15, 0.2) is 5.41 Å². The van der Waals surface area contributed by atoms with E-state index < -0.39 is 15.9 Å². The predicted octanol–water partition coefficient (Wildman–Crippen LogP) is 2.31. The average molecular weight is 342 g/mol. The van der Waals surface area contributed by atoms with Gasteiger partial charge in [0.2, 0.25) is 5.06 Å². The number of hydrogen-bond donors (Lipinski definition) is 1. The quantitative estimate of drug-likeness (QED) is 0.829. The average Bonchev–Trinajstić information content (AvgIpc) is 2.83. The number of nitrogens with zero attached hydrogens (tertiary/aromatic N) is 3. The van der Waals surface area contributed by atoms with Crippen LogP contribution in [0.4, 0.5) is 0 Å². The zero-order chi connectivity index (χ0) is 16.3. The highest BCUT2D eigenvalue weighted by molar-refractivity contribution is 8.00. The van der Waals surface area contributed by atoms with Crippen LogP contribution >= 0.6 is 23.5 Å². The molecule has 0 bridgehead atoms. The molecule has 2 fully saturated rings. The Labute approximate surface area is 142 Å². The zero-order valence-electron chi connectivity index (χ0n) is 12.4. The minimum Gasteiger partial charge on any atom is -0.386 e. The second-order valence-electron chi connectivity index (χ2n) is 5.82. The first-order valence-corrected chi connectivity index (χ1v) is 9.43. The molecule has 7 heteroatoms. The van der Waals surface area contributed by atoms with Crippen molar-refractivity contribution in [3.63, 3.8) is 0 Å². The molecule has 1 saturated carbocycles. The van der Waals surface area contributed by atoms with Crippen molar-refractivity contribution in [1.29, 1.82) is 10.5 Å². The summed E-state index contributed by atoms with van der Waals surface area (Å²) in [6.45, 7) is 0.518. The highest BCUT2D eigenvalue weighted by Gasteiger charge is 2.93. The molecule has 0 aromatic heterocycles. The van der Waals surface area contributed by atoms with Crippen LogP contribution < -0.4 is 5.73 Å². The molecule has 2 aliphatic heterocycles. The fraction of sp³-hybridized carbons (Fsp3) is 0.438. The van der Waals surface area contributed by atoms with Gasteiger partial charge in [-0.1, -0.05) is 23.9 Å². The summed E-state index contributed by atoms with van der Waals surface area (Å²) in [7, 11) is 0. The second kappa shape index (κ2) is 4.67. The minimum atomic E-state index is -1.08. The Hall–Kier alpha value is -1.67. The molecule has 2 heterocycles. The van der Waals surface area contributed by atoms with Gasteiger partial charge in [-0.25, -0.2) is 4.99 Å². The molecule has 0 radical (unpaired) electrons. The third-order valence-electron chi connectivity index (χ3n) is 5.06. The van der Waals surface area contributed by atoms with Gasteiger partial charge in [0.1, 0.15) is 11.3 Å². The molecule has 116 valence electrons. The van der Waals surface area contributed by atoms with Gasteiger partial charge in [-0.3, -0.25) is 0 Å². The van der Waals surface area contributed by atoms with Gasteiger partial charge in [-0.05, 0) is 24.0 Å². The molecule has 4 atom stereocenters. The van der Waals surface area contributed by atoms with Crippen LogP contribution in [-0.4, -0.2) is 29.5 Å². The summed E-state index contributed by atoms with van der Waals surface area (Å²) in [5.74, 6) is 0.679. The summed E-state index contributed by atoms with van der Waals surface area (Å²) in [6.07, 6.45) is 2.01. The first-order valence-electron chi connectivity index (χ1n) is 7.22. The van der Waals surface area contributed by atoms with Gasteiger partial charge in [0.25, 0.3) is 0 Å². The molecule has 3 aliphatic rings. The number of hydrogen-bond acceptors (Lipinski definition) is 7. The lowest BCUT2D eigenvalue weighted by Gasteiger charge is -2.26. The van der Waals surface area contributed by atoms with E-state index >= 15 is 0 Å². The Morgan fingerprint density at radius 1 is 1.35 bits per heavy atom. The Bertz CT molecular complexity index is 788. The van der Waals surface area contributed by atoms with E-state index in [9.17, 15) is 10.5 Å². The zero-order valence-corrected chi connectivity index (χ0v) is 14.1. The summed E-state index contributed by atoms with van der Waals surface area (Å²) in [5, 5.41) is 18.9. The van der Waals surface area contributed by atoms with Gasteiger partial charge in [0, 0.05) is 16.6 Å². The SMILES string of the molecule is CSc1ccc([C@H]2[C@@]3(C#N)[C@@]4(N=C(N)[C@@]23C#N)OCCS4)cc1. The molecule has 4 rings (SSSR count). The van der Waals surface area contributed by atoms with Crippen molar-refractivity contribution >= 4 is 29.4 Å². The Balaban J connectivity index is 1.87. The number of nitrogens with two attached hydrogens (primary N) is 1. The van der Waals surface area contributed by atoms with Gasteiger partial charge in [-0.15, -0.1) is 11.8 Å². The number of benzene rings is 1. The van der Waals surface area contributed by atoms with E-state index in [-0.39, 0.29) is 11.8 Å². The van der Waals surface area contributed by atoms with E-state index in [4.69, 9.17) is 10.5 Å². The summed E-state index contributed by atoms with van der Waals surface area (Å²) in [6, 6.07) is 12.7. The number of thioether (sulfide) groups is 2. The molecule has 2 N–H and O–H groups in total. The van der Waals surface area contributed by atoms with E-state index in [0.717, 1.165) is 16.2 Å². The van der Waals surface area contributed by atoms with Crippen LogP contribution in [0, 0.1) is 33.5 Å². The summed E-state index contributed by atoms with van der Waals surface area (Å²) in [5.41, 5.74) is 4.96. The van der Waals surface area contributed by atoms with Gasteiger partial charge >= 0.3 is 0 Å². The monoisotopic (exact) mass is 342 g/mol. The molecule has 1 aromatic carbocycles. The molecule has 1 spiro atoms. The summed E-state index contributed by atoms with van der Waals surface area (Å²) >= 11 is 3.13. The Kier molecular flexibility index (Phi) is 3.02. The highest BCUT2D eigenvalue weighted by Crippen LogP contribution is 2.84. The lowest BCUT2D eigenvalue weighted by atomic mass is 9.95. The van der Waals surface area contributed by atoms with Crippen LogP contribution in [0.1, 0.15) is 11.5 Å². The standard InChI is InChI=1S/C16H14N4OS2/c1-22-11-4-2-10(3-5-11)12-14(8-17)13(19)20-16(15(12,14)9-18)21-6-7-23-16/h2-5,12H,6-7H2,1H3,(H2,19,20)/t12-,14-,15-,16-/m1/s1. The van der Waals surface area contributed by atoms with Crippen molar-refractivity contribution in [3.8, 4) is 12.1 Å². The lowest BCUT2D eigenvalue weighted by Crippen LogP contribution is -2.34. The Morgan fingerprint density at radius 3 is 2.61 bits per heavy atom. The molecule has 5 nitrogen and oxygen atoms in total. The van der Waals surface area contributed by atoms with Crippen molar-refractivity contribution in [2.45, 2.75) is 15.9 Å². The number of rotatable bonds is 2. The minimum absolute atomic E-state index is 0.231. The first kappa shape index (κ1) is 14.9. The molecule has 1 aliphatic carbocycles. The third-order valence-corrected chi connectivity index (χ3v) is 7.09. The topological polar surface area (TPSA) is 95.2 Å². The fourth-order valence-electron chi connectivity index (χ4n) is 4.01. The third kappa shape index (κ3) is 1.46. The van der Waals surface area contributed by atoms with Crippen molar-refractivity contribution in [1.82, 2.24) is 0 Å². The van der Waals surface area contributed by atoms with Crippen molar-refractivity contribution < 1.29 is 4.74 Å². The second-order valence-corrected chi connectivity index (χ2v) is 7.95. The maximum absolute atomic E-state index is 10.0. The van der Waals surface area contributed by atoms with Crippen LogP contribution in [0.2, 0.25) is 0 Å². The first-order chi connectivity index (χ1) is 11.1. The predicted molar refractivity (Wildman–Crippen MR) is 89.8 cm³/mol. The molecular formula is C16H14N4OS2. The normalized spacial score (nSPS) is 40.3. The highest BCUT2D eigenvalue weighted by atomic mass is 32.2. The number of fused-ring (bicyclic) bond motifs is 2. The molecular weight excluding hydrogens is 328 g/mol. The van der Waals surface area contributed by atoms with Crippen molar-refractivity contribution in [2.24, 2.45) is 21.6 Å². The van der Waals surface area contributed by atoms with Crippen LogP contribution in [0.25, 0.3) is 0 Å². The van der Waals surface area contributed by atoms with E-state index in [1.807, 2.05) is 30.5 Å². The molecule has 1 aromatic rings. The Morgan fingerprint density at radius 2 is 2.09 bits per heavy atom. The number of nitriles is 2. The van der Waals surface area contributed by atoms with E-state index in [0.29, 0.717) is 6.61 Å². The maximum Gasteiger partial charge on any atom is 0.230 e. The van der Waals surface area contributed by atoms with Gasteiger partial charge < -0.3 is 10.5 Å². The number of aliphatic imine (C=N–C) groups is 1. The summed E-state index contributed by atoms with van der Waals surface area (Å²) in [4.78, 5) is 5.57. The molecule has 0 unspecified atom stereocenters.